The fourth-order valence-corrected chi connectivity index (χ4v) is 4.23. The molecule has 0 atom stereocenters. The summed E-state index contributed by atoms with van der Waals surface area (Å²) in [7, 11) is 0. The van der Waals surface area contributed by atoms with Gasteiger partial charge in [-0.2, -0.15) is 0 Å². The summed E-state index contributed by atoms with van der Waals surface area (Å²) in [5, 5.41) is 0. The third kappa shape index (κ3) is 4.79. The quantitative estimate of drug-likeness (QED) is 0.221. The lowest BCUT2D eigenvalue weighted by Gasteiger charge is -2.09. The maximum Gasteiger partial charge on any atom is 0.138 e. The third-order valence-corrected chi connectivity index (χ3v) is 6.07. The standard InChI is InChI=1S/C30H26N4O2/c1-2-14-26-25(13-1)31-29(32-26)21-9-7-11-23(19-21)35-17-5-6-18-36-24-12-8-10-22(20-24)30-33-27-15-3-4-16-28(27)34-30/h1-4,7-16,19-20H,5-6,17-18H2,(H,31,32)(H,33,34). The Morgan fingerprint density at radius 3 is 1.47 bits per heavy atom. The molecule has 0 radical (unpaired) electrons. The van der Waals surface area contributed by atoms with Crippen molar-refractivity contribution in [2.45, 2.75) is 12.8 Å². The molecule has 36 heavy (non-hydrogen) atoms. The molecule has 0 aliphatic carbocycles. The lowest BCUT2D eigenvalue weighted by Crippen LogP contribution is -2.02. The first-order valence-corrected chi connectivity index (χ1v) is 12.2. The highest BCUT2D eigenvalue weighted by Gasteiger charge is 2.07. The molecule has 0 unspecified atom stereocenters. The predicted molar refractivity (Wildman–Crippen MR) is 143 cm³/mol. The number of nitrogens with zero attached hydrogens (tertiary/aromatic N) is 2. The van der Waals surface area contributed by atoms with Crippen LogP contribution in [-0.2, 0) is 0 Å². The summed E-state index contributed by atoms with van der Waals surface area (Å²) < 4.78 is 12.0. The Balaban J connectivity index is 0.994. The minimum atomic E-state index is 0.631. The van der Waals surface area contributed by atoms with Crippen molar-refractivity contribution in [1.29, 1.82) is 0 Å². The maximum absolute atomic E-state index is 5.99. The molecule has 0 fully saturated rings. The first kappa shape index (κ1) is 21.9. The van der Waals surface area contributed by atoms with E-state index in [2.05, 4.69) is 19.9 Å². The predicted octanol–water partition coefficient (Wildman–Crippen LogP) is 7.01. The SMILES string of the molecule is c1cc(OCCCCOc2cccc(-c3nc4ccccc4[nH]3)c2)cc(-c2nc3ccccc3[nH]2)c1. The van der Waals surface area contributed by atoms with Gasteiger partial charge in [-0.05, 0) is 61.4 Å². The molecule has 6 aromatic rings. The van der Waals surface area contributed by atoms with Crippen molar-refractivity contribution >= 4 is 22.1 Å². The summed E-state index contributed by atoms with van der Waals surface area (Å²) in [4.78, 5) is 16.1. The number of rotatable bonds is 9. The molecular weight excluding hydrogens is 448 g/mol. The number of para-hydroxylation sites is 4. The fourth-order valence-electron chi connectivity index (χ4n) is 4.23. The van der Waals surface area contributed by atoms with Crippen LogP contribution < -0.4 is 9.47 Å². The summed E-state index contributed by atoms with van der Waals surface area (Å²) in [6.07, 6.45) is 1.80. The summed E-state index contributed by atoms with van der Waals surface area (Å²) in [5.74, 6) is 3.37. The average Bonchev–Trinajstić information content (AvgIpc) is 3.56. The lowest BCUT2D eigenvalue weighted by molar-refractivity contribution is 0.266. The van der Waals surface area contributed by atoms with Gasteiger partial charge in [0.1, 0.15) is 23.1 Å². The molecule has 2 N–H and O–H groups in total. The molecule has 2 heterocycles. The summed E-state index contributed by atoms with van der Waals surface area (Å²) in [6.45, 7) is 1.26. The van der Waals surface area contributed by atoms with Crippen molar-refractivity contribution in [2.24, 2.45) is 0 Å². The molecule has 4 aromatic carbocycles. The first-order chi connectivity index (χ1) is 17.8. The number of hydrogen-bond donors (Lipinski definition) is 2. The summed E-state index contributed by atoms with van der Waals surface area (Å²) in [6, 6.07) is 32.2. The van der Waals surface area contributed by atoms with Gasteiger partial charge >= 0.3 is 0 Å². The molecule has 178 valence electrons. The summed E-state index contributed by atoms with van der Waals surface area (Å²) in [5.41, 5.74) is 6.00. The van der Waals surface area contributed by atoms with E-state index in [9.17, 15) is 0 Å². The molecule has 0 spiro atoms. The number of aromatic nitrogens is 4. The van der Waals surface area contributed by atoms with Gasteiger partial charge in [-0.1, -0.05) is 48.5 Å². The molecule has 0 bridgehead atoms. The Kier molecular flexibility index (Phi) is 6.06. The second-order valence-electron chi connectivity index (χ2n) is 8.66. The Labute approximate surface area is 209 Å². The number of ether oxygens (including phenoxy) is 2. The molecular formula is C30H26N4O2. The van der Waals surface area contributed by atoms with Crippen LogP contribution in [0.5, 0.6) is 11.5 Å². The number of benzene rings is 4. The number of hydrogen-bond acceptors (Lipinski definition) is 4. The first-order valence-electron chi connectivity index (χ1n) is 12.2. The topological polar surface area (TPSA) is 75.8 Å². The van der Waals surface area contributed by atoms with E-state index in [4.69, 9.17) is 9.47 Å². The molecule has 0 amide bonds. The number of imidazole rings is 2. The van der Waals surface area contributed by atoms with Crippen LogP contribution in [0.15, 0.2) is 97.1 Å². The zero-order valence-corrected chi connectivity index (χ0v) is 19.8. The van der Waals surface area contributed by atoms with Gasteiger partial charge in [0.15, 0.2) is 0 Å². The zero-order chi connectivity index (χ0) is 24.2. The van der Waals surface area contributed by atoms with Gasteiger partial charge in [-0.25, -0.2) is 9.97 Å². The lowest BCUT2D eigenvalue weighted by atomic mass is 10.2. The second-order valence-corrected chi connectivity index (χ2v) is 8.66. The normalized spacial score (nSPS) is 11.2. The van der Waals surface area contributed by atoms with E-state index in [0.29, 0.717) is 13.2 Å². The number of aromatic amines is 2. The van der Waals surface area contributed by atoms with E-state index in [-0.39, 0.29) is 0 Å². The maximum atomic E-state index is 5.99. The van der Waals surface area contributed by atoms with Gasteiger partial charge in [0.05, 0.1) is 35.3 Å². The van der Waals surface area contributed by atoms with Crippen LogP contribution in [0, 0.1) is 0 Å². The van der Waals surface area contributed by atoms with Crippen LogP contribution in [0.2, 0.25) is 0 Å². The van der Waals surface area contributed by atoms with Gasteiger partial charge in [0.2, 0.25) is 0 Å². The van der Waals surface area contributed by atoms with Crippen LogP contribution in [0.3, 0.4) is 0 Å². The molecule has 0 aliphatic heterocycles. The number of unbranched alkanes of at least 4 members (excludes halogenated alkanes) is 1. The molecule has 0 saturated heterocycles. The van der Waals surface area contributed by atoms with Gasteiger partial charge in [0, 0.05) is 11.1 Å². The van der Waals surface area contributed by atoms with Gasteiger partial charge in [0.25, 0.3) is 0 Å². The Morgan fingerprint density at radius 1 is 0.528 bits per heavy atom. The molecule has 2 aromatic heterocycles. The van der Waals surface area contributed by atoms with E-state index in [1.165, 1.54) is 0 Å². The van der Waals surface area contributed by atoms with Gasteiger partial charge in [-0.15, -0.1) is 0 Å². The van der Waals surface area contributed by atoms with Crippen molar-refractivity contribution < 1.29 is 9.47 Å². The number of fused-ring (bicyclic) bond motifs is 2. The molecule has 6 rings (SSSR count). The van der Waals surface area contributed by atoms with Gasteiger partial charge in [-0.3, -0.25) is 0 Å². The molecule has 6 heteroatoms. The van der Waals surface area contributed by atoms with Crippen molar-refractivity contribution in [3.05, 3.63) is 97.1 Å². The van der Waals surface area contributed by atoms with Crippen molar-refractivity contribution in [3.63, 3.8) is 0 Å². The van der Waals surface area contributed by atoms with Crippen LogP contribution in [0.25, 0.3) is 44.8 Å². The van der Waals surface area contributed by atoms with Crippen molar-refractivity contribution in [1.82, 2.24) is 19.9 Å². The Hall–Kier alpha value is -4.58. The van der Waals surface area contributed by atoms with E-state index in [1.54, 1.807) is 0 Å². The fraction of sp³-hybridized carbons (Fsp3) is 0.133. The van der Waals surface area contributed by atoms with E-state index >= 15 is 0 Å². The number of H-pyrrole nitrogens is 2. The molecule has 0 saturated carbocycles. The largest absolute Gasteiger partial charge is 0.494 e. The summed E-state index contributed by atoms with van der Waals surface area (Å²) >= 11 is 0. The highest BCUT2D eigenvalue weighted by atomic mass is 16.5. The van der Waals surface area contributed by atoms with Gasteiger partial charge < -0.3 is 19.4 Å². The molecule has 0 aliphatic rings. The second kappa shape index (κ2) is 9.96. The Bertz CT molecular complexity index is 1430. The monoisotopic (exact) mass is 474 g/mol. The van der Waals surface area contributed by atoms with Crippen LogP contribution in [-0.4, -0.2) is 33.1 Å². The Morgan fingerprint density at radius 2 is 1.00 bits per heavy atom. The van der Waals surface area contributed by atoms with Crippen molar-refractivity contribution in [3.8, 4) is 34.3 Å². The van der Waals surface area contributed by atoms with E-state index in [1.807, 2.05) is 97.1 Å². The molecule has 6 nitrogen and oxygen atoms in total. The van der Waals surface area contributed by atoms with Crippen LogP contribution in [0.4, 0.5) is 0 Å². The van der Waals surface area contributed by atoms with E-state index in [0.717, 1.165) is 69.2 Å². The van der Waals surface area contributed by atoms with Crippen LogP contribution in [0.1, 0.15) is 12.8 Å². The zero-order valence-electron chi connectivity index (χ0n) is 19.8. The number of nitrogens with one attached hydrogen (secondary N) is 2. The average molecular weight is 475 g/mol. The van der Waals surface area contributed by atoms with Crippen molar-refractivity contribution in [2.75, 3.05) is 13.2 Å². The smallest absolute Gasteiger partial charge is 0.138 e. The third-order valence-electron chi connectivity index (χ3n) is 6.07. The van der Waals surface area contributed by atoms with E-state index < -0.39 is 0 Å². The minimum Gasteiger partial charge on any atom is -0.494 e. The highest BCUT2D eigenvalue weighted by Crippen LogP contribution is 2.25. The highest BCUT2D eigenvalue weighted by molar-refractivity contribution is 5.80. The van der Waals surface area contributed by atoms with Crippen LogP contribution >= 0.6 is 0 Å². The minimum absolute atomic E-state index is 0.631.